The number of hydrogen-bond acceptors (Lipinski definition) is 1. The van der Waals surface area contributed by atoms with E-state index in [0.717, 1.165) is 6.07 Å². The smallest absolute Gasteiger partial charge is 0.199 e. The van der Waals surface area contributed by atoms with Gasteiger partial charge in [0.25, 0.3) is 0 Å². The Hall–Kier alpha value is -0.780. The van der Waals surface area contributed by atoms with Gasteiger partial charge in [-0.2, -0.15) is 0 Å². The summed E-state index contributed by atoms with van der Waals surface area (Å²) in [5.41, 5.74) is -0.489. The maximum absolute atomic E-state index is 13.8. The number of carbonyl (C=O) groups excluding carboxylic acids is 1. The summed E-state index contributed by atoms with van der Waals surface area (Å²) in [5, 5.41) is 0.181. The van der Waals surface area contributed by atoms with Crippen LogP contribution in [0.25, 0.3) is 0 Å². The van der Waals surface area contributed by atoms with Gasteiger partial charge in [-0.15, -0.1) is 0 Å². The van der Waals surface area contributed by atoms with Crippen molar-refractivity contribution in [2.45, 2.75) is 0 Å². The molecule has 0 saturated carbocycles. The van der Waals surface area contributed by atoms with Crippen LogP contribution in [-0.2, 0) is 0 Å². The maximum Gasteiger partial charge on any atom is 0.199 e. The molecular formula is C13H5Br2ClF2O. The normalized spacial score (nSPS) is 10.6. The second kappa shape index (κ2) is 5.69. The highest BCUT2D eigenvalue weighted by atomic mass is 79.9. The Morgan fingerprint density at radius 3 is 2.42 bits per heavy atom. The first-order chi connectivity index (χ1) is 8.91. The Morgan fingerprint density at radius 2 is 1.74 bits per heavy atom. The number of rotatable bonds is 2. The van der Waals surface area contributed by atoms with Crippen molar-refractivity contribution in [3.05, 3.63) is 67.1 Å². The molecule has 0 saturated heterocycles. The third-order valence-corrected chi connectivity index (χ3v) is 4.26. The van der Waals surface area contributed by atoms with Crippen molar-refractivity contribution in [3.8, 4) is 0 Å². The highest BCUT2D eigenvalue weighted by Crippen LogP contribution is 2.28. The molecule has 0 N–H and O–H groups in total. The summed E-state index contributed by atoms with van der Waals surface area (Å²) in [5.74, 6) is -2.25. The Morgan fingerprint density at radius 1 is 1.05 bits per heavy atom. The Balaban J connectivity index is 2.56. The van der Waals surface area contributed by atoms with Gasteiger partial charge in [-0.3, -0.25) is 4.79 Å². The lowest BCUT2D eigenvalue weighted by Crippen LogP contribution is -2.07. The van der Waals surface area contributed by atoms with Gasteiger partial charge in [-0.1, -0.05) is 17.7 Å². The van der Waals surface area contributed by atoms with Crippen LogP contribution in [0, 0.1) is 11.6 Å². The van der Waals surface area contributed by atoms with Crippen molar-refractivity contribution < 1.29 is 13.6 Å². The summed E-state index contributed by atoms with van der Waals surface area (Å²) < 4.78 is 28.0. The zero-order valence-electron chi connectivity index (χ0n) is 9.18. The van der Waals surface area contributed by atoms with Crippen molar-refractivity contribution in [2.24, 2.45) is 0 Å². The predicted molar refractivity (Wildman–Crippen MR) is 76.6 cm³/mol. The monoisotopic (exact) mass is 408 g/mol. The standard InChI is InChI=1S/C13H5Br2ClF2O/c14-8-3-1-2-6(12(8)18)13(19)7-4-10(16)9(15)5-11(7)17/h1-5H. The molecule has 0 fully saturated rings. The highest BCUT2D eigenvalue weighted by molar-refractivity contribution is 9.10. The van der Waals surface area contributed by atoms with E-state index in [0.29, 0.717) is 4.47 Å². The van der Waals surface area contributed by atoms with Crippen LogP contribution in [0.4, 0.5) is 8.78 Å². The van der Waals surface area contributed by atoms with E-state index in [1.165, 1.54) is 24.3 Å². The van der Waals surface area contributed by atoms with E-state index in [4.69, 9.17) is 11.6 Å². The van der Waals surface area contributed by atoms with Crippen LogP contribution in [0.1, 0.15) is 15.9 Å². The number of carbonyl (C=O) groups is 1. The van der Waals surface area contributed by atoms with Gasteiger partial charge in [-0.05, 0) is 56.1 Å². The van der Waals surface area contributed by atoms with E-state index in [1.807, 2.05) is 0 Å². The van der Waals surface area contributed by atoms with Crippen molar-refractivity contribution in [3.63, 3.8) is 0 Å². The summed E-state index contributed by atoms with van der Waals surface area (Å²) in [6.07, 6.45) is 0. The fourth-order valence-corrected chi connectivity index (χ4v) is 2.37. The molecule has 0 spiro atoms. The number of ketones is 1. The van der Waals surface area contributed by atoms with Crippen LogP contribution in [0.5, 0.6) is 0 Å². The Bertz CT molecular complexity index is 674. The average molecular weight is 410 g/mol. The SMILES string of the molecule is O=C(c1cc(Cl)c(Br)cc1F)c1cccc(Br)c1F. The van der Waals surface area contributed by atoms with Gasteiger partial charge in [0.05, 0.1) is 20.6 Å². The second-order valence-corrected chi connectivity index (χ2v) is 5.79. The molecule has 0 amide bonds. The molecule has 1 nitrogen and oxygen atoms in total. The van der Waals surface area contributed by atoms with Gasteiger partial charge in [-0.25, -0.2) is 8.78 Å². The maximum atomic E-state index is 13.8. The minimum atomic E-state index is -0.763. The minimum Gasteiger partial charge on any atom is -0.288 e. The lowest BCUT2D eigenvalue weighted by atomic mass is 10.0. The van der Waals surface area contributed by atoms with Crippen LogP contribution < -0.4 is 0 Å². The van der Waals surface area contributed by atoms with Crippen molar-refractivity contribution >= 4 is 49.2 Å². The van der Waals surface area contributed by atoms with E-state index in [2.05, 4.69) is 31.9 Å². The fourth-order valence-electron chi connectivity index (χ4n) is 1.52. The Labute approximate surface area is 129 Å². The molecule has 0 unspecified atom stereocenters. The molecule has 2 rings (SSSR count). The molecule has 0 radical (unpaired) electrons. The quantitative estimate of drug-likeness (QED) is 0.480. The number of halogens is 5. The summed E-state index contributed by atoms with van der Waals surface area (Å²) in [6.45, 7) is 0. The van der Waals surface area contributed by atoms with E-state index >= 15 is 0 Å². The topological polar surface area (TPSA) is 17.1 Å². The molecule has 0 bridgehead atoms. The second-order valence-electron chi connectivity index (χ2n) is 3.68. The van der Waals surface area contributed by atoms with E-state index in [-0.39, 0.29) is 20.6 Å². The third kappa shape index (κ3) is 2.88. The van der Waals surface area contributed by atoms with Gasteiger partial charge < -0.3 is 0 Å². The molecule has 0 atom stereocenters. The molecule has 0 aliphatic heterocycles. The average Bonchev–Trinajstić information content (AvgIpc) is 2.36. The largest absolute Gasteiger partial charge is 0.288 e. The van der Waals surface area contributed by atoms with Crippen LogP contribution in [0.2, 0.25) is 5.02 Å². The van der Waals surface area contributed by atoms with Gasteiger partial charge in [0.1, 0.15) is 11.6 Å². The number of benzene rings is 2. The molecule has 19 heavy (non-hydrogen) atoms. The summed E-state index contributed by atoms with van der Waals surface area (Å²) in [7, 11) is 0. The van der Waals surface area contributed by atoms with Gasteiger partial charge in [0.15, 0.2) is 5.78 Å². The highest BCUT2D eigenvalue weighted by Gasteiger charge is 2.20. The summed E-state index contributed by atoms with van der Waals surface area (Å²) in [6, 6.07) is 6.49. The van der Waals surface area contributed by atoms with Gasteiger partial charge >= 0.3 is 0 Å². The fraction of sp³-hybridized carbons (Fsp3) is 0. The summed E-state index contributed by atoms with van der Waals surface area (Å²) in [4.78, 5) is 12.1. The number of hydrogen-bond donors (Lipinski definition) is 0. The van der Waals surface area contributed by atoms with E-state index in [1.54, 1.807) is 0 Å². The zero-order valence-corrected chi connectivity index (χ0v) is 13.1. The lowest BCUT2D eigenvalue weighted by molar-refractivity contribution is 0.103. The molecule has 6 heteroatoms. The molecule has 2 aromatic carbocycles. The molecule has 0 heterocycles. The zero-order chi connectivity index (χ0) is 14.2. The van der Waals surface area contributed by atoms with E-state index in [9.17, 15) is 13.6 Å². The first-order valence-electron chi connectivity index (χ1n) is 5.05. The first-order valence-corrected chi connectivity index (χ1v) is 7.01. The van der Waals surface area contributed by atoms with Crippen LogP contribution >= 0.6 is 43.5 Å². The van der Waals surface area contributed by atoms with Crippen molar-refractivity contribution in [2.75, 3.05) is 0 Å². The van der Waals surface area contributed by atoms with Crippen molar-refractivity contribution in [1.82, 2.24) is 0 Å². The first kappa shape index (κ1) is 14.6. The van der Waals surface area contributed by atoms with Crippen LogP contribution in [0.15, 0.2) is 39.3 Å². The molecule has 0 aliphatic rings. The molecule has 98 valence electrons. The molecule has 0 aromatic heterocycles. The lowest BCUT2D eigenvalue weighted by Gasteiger charge is -2.06. The molecule has 2 aromatic rings. The van der Waals surface area contributed by atoms with E-state index < -0.39 is 17.4 Å². The van der Waals surface area contributed by atoms with Gasteiger partial charge in [0, 0.05) is 4.47 Å². The minimum absolute atomic E-state index is 0.141. The van der Waals surface area contributed by atoms with Gasteiger partial charge in [0.2, 0.25) is 0 Å². The third-order valence-electron chi connectivity index (χ3n) is 2.45. The molecular weight excluding hydrogens is 405 g/mol. The van der Waals surface area contributed by atoms with Crippen LogP contribution in [0.3, 0.4) is 0 Å². The molecule has 0 aliphatic carbocycles. The van der Waals surface area contributed by atoms with Crippen molar-refractivity contribution in [1.29, 1.82) is 0 Å². The Kier molecular flexibility index (Phi) is 4.38. The predicted octanol–water partition coefficient (Wildman–Crippen LogP) is 5.37. The van der Waals surface area contributed by atoms with Crippen LogP contribution in [-0.4, -0.2) is 5.78 Å². The summed E-state index contributed by atoms with van der Waals surface area (Å²) >= 11 is 11.8.